The number of hydrogen-bond donors (Lipinski definition) is 1. The number of carbonyl (C=O) groups is 1. The van der Waals surface area contributed by atoms with Gasteiger partial charge in [-0.25, -0.2) is 14.4 Å². The van der Waals surface area contributed by atoms with Gasteiger partial charge in [-0.05, 0) is 25.1 Å². The maximum atomic E-state index is 13.6. The zero-order chi connectivity index (χ0) is 21.2. The highest BCUT2D eigenvalue weighted by atomic mass is 19.4. The highest BCUT2D eigenvalue weighted by molar-refractivity contribution is 5.95. The van der Waals surface area contributed by atoms with Crippen molar-refractivity contribution in [2.45, 2.75) is 19.5 Å². The summed E-state index contributed by atoms with van der Waals surface area (Å²) in [5, 5.41) is 7.95. The summed E-state index contributed by atoms with van der Waals surface area (Å²) in [5.74, 6) is -1.28. The number of rotatable bonds is 5. The van der Waals surface area contributed by atoms with Gasteiger partial charge in [0, 0.05) is 43.6 Å². The summed E-state index contributed by atoms with van der Waals surface area (Å²) in [5.41, 5.74) is -0.139. The van der Waals surface area contributed by atoms with Crippen molar-refractivity contribution in [3.05, 3.63) is 59.2 Å². The molecular weight excluding hydrogens is 392 g/mol. The largest absolute Gasteiger partial charge is 0.457 e. The Morgan fingerprint density at radius 1 is 1.24 bits per heavy atom. The summed E-state index contributed by atoms with van der Waals surface area (Å²) in [4.78, 5) is 16.0. The van der Waals surface area contributed by atoms with E-state index >= 15 is 0 Å². The Morgan fingerprint density at radius 3 is 2.69 bits per heavy atom. The topological polar surface area (TPSA) is 66.8 Å². The molecule has 0 bridgehead atoms. The van der Waals surface area contributed by atoms with Crippen LogP contribution in [0.5, 0.6) is 11.5 Å². The van der Waals surface area contributed by atoms with Crippen molar-refractivity contribution < 1.29 is 27.1 Å². The number of anilines is 1. The van der Waals surface area contributed by atoms with E-state index in [1.165, 1.54) is 23.3 Å². The van der Waals surface area contributed by atoms with Crippen LogP contribution in [0.3, 0.4) is 0 Å². The molecule has 152 valence electrons. The zero-order valence-corrected chi connectivity index (χ0v) is 15.3. The van der Waals surface area contributed by atoms with Gasteiger partial charge in [0.05, 0.1) is 11.3 Å². The molecule has 0 unspecified atom stereocenters. The molecule has 29 heavy (non-hydrogen) atoms. The maximum Gasteiger partial charge on any atom is 0.416 e. The number of hydrazone groups is 1. The number of amides is 1. The number of pyridine rings is 1. The van der Waals surface area contributed by atoms with Crippen LogP contribution in [0.15, 0.2) is 52.9 Å². The molecule has 1 aliphatic heterocycles. The summed E-state index contributed by atoms with van der Waals surface area (Å²) >= 11 is 0. The number of hydrogen-bond acceptors (Lipinski definition) is 5. The van der Waals surface area contributed by atoms with E-state index in [0.717, 1.165) is 6.07 Å². The SMILES string of the molecule is C=NN(C1=C(C)C(=O)NCC1)c1cc(Oc2cc(F)cc(C(F)(F)F)c2)ccn1. The first-order valence-corrected chi connectivity index (χ1v) is 8.45. The van der Waals surface area contributed by atoms with E-state index in [1.807, 2.05) is 0 Å². The molecule has 1 aliphatic rings. The van der Waals surface area contributed by atoms with Gasteiger partial charge in [0.15, 0.2) is 5.82 Å². The van der Waals surface area contributed by atoms with Crippen LogP contribution in [0.25, 0.3) is 0 Å². The lowest BCUT2D eigenvalue weighted by Crippen LogP contribution is -2.35. The molecule has 3 rings (SSSR count). The summed E-state index contributed by atoms with van der Waals surface area (Å²) in [7, 11) is 0. The van der Waals surface area contributed by atoms with E-state index in [-0.39, 0.29) is 23.2 Å². The lowest BCUT2D eigenvalue weighted by atomic mass is 10.1. The number of aromatic nitrogens is 1. The van der Waals surface area contributed by atoms with Crippen molar-refractivity contribution in [3.8, 4) is 11.5 Å². The fraction of sp³-hybridized carbons (Fsp3) is 0.211. The van der Waals surface area contributed by atoms with Crippen LogP contribution in [0.4, 0.5) is 23.4 Å². The molecule has 10 heteroatoms. The Labute approximate surface area is 163 Å². The third-order valence-electron chi connectivity index (χ3n) is 4.19. The van der Waals surface area contributed by atoms with E-state index in [4.69, 9.17) is 4.74 Å². The molecule has 1 aromatic heterocycles. The predicted molar refractivity (Wildman–Crippen MR) is 98.1 cm³/mol. The van der Waals surface area contributed by atoms with Crippen molar-refractivity contribution in [2.75, 3.05) is 11.6 Å². The van der Waals surface area contributed by atoms with Crippen LogP contribution in [-0.4, -0.2) is 24.2 Å². The fourth-order valence-electron chi connectivity index (χ4n) is 2.81. The average molecular weight is 408 g/mol. The fourth-order valence-corrected chi connectivity index (χ4v) is 2.81. The van der Waals surface area contributed by atoms with Crippen molar-refractivity contribution in [2.24, 2.45) is 5.10 Å². The highest BCUT2D eigenvalue weighted by Crippen LogP contribution is 2.34. The van der Waals surface area contributed by atoms with Gasteiger partial charge in [-0.2, -0.15) is 18.3 Å². The Bertz CT molecular complexity index is 988. The van der Waals surface area contributed by atoms with Gasteiger partial charge in [0.1, 0.15) is 17.3 Å². The highest BCUT2D eigenvalue weighted by Gasteiger charge is 2.31. The number of nitrogens with one attached hydrogen (secondary N) is 1. The Balaban J connectivity index is 1.92. The normalized spacial score (nSPS) is 14.4. The molecule has 0 radical (unpaired) electrons. The molecule has 0 atom stereocenters. The second-order valence-electron chi connectivity index (χ2n) is 6.16. The van der Waals surface area contributed by atoms with Crippen molar-refractivity contribution in [1.82, 2.24) is 10.3 Å². The molecule has 1 amide bonds. The first kappa shape index (κ1) is 20.3. The van der Waals surface area contributed by atoms with Gasteiger partial charge in [-0.15, -0.1) is 0 Å². The van der Waals surface area contributed by atoms with Gasteiger partial charge in [-0.3, -0.25) is 4.79 Å². The molecule has 1 aromatic carbocycles. The van der Waals surface area contributed by atoms with Crippen LogP contribution in [0, 0.1) is 5.82 Å². The molecule has 1 N–H and O–H groups in total. The third-order valence-corrected chi connectivity index (χ3v) is 4.19. The average Bonchev–Trinajstić information content (AvgIpc) is 2.65. The molecule has 0 spiro atoms. The monoisotopic (exact) mass is 408 g/mol. The number of nitrogens with zero attached hydrogens (tertiary/aromatic N) is 3. The second-order valence-corrected chi connectivity index (χ2v) is 6.16. The van der Waals surface area contributed by atoms with Crippen LogP contribution < -0.4 is 15.1 Å². The molecular formula is C19H16F4N4O2. The van der Waals surface area contributed by atoms with Crippen molar-refractivity contribution in [1.29, 1.82) is 0 Å². The second kappa shape index (κ2) is 7.90. The maximum absolute atomic E-state index is 13.6. The Kier molecular flexibility index (Phi) is 5.53. The molecule has 0 aliphatic carbocycles. The molecule has 0 saturated heterocycles. The summed E-state index contributed by atoms with van der Waals surface area (Å²) in [6.07, 6.45) is -2.87. The lowest BCUT2D eigenvalue weighted by Gasteiger charge is -2.26. The number of alkyl halides is 3. The van der Waals surface area contributed by atoms with E-state index in [2.05, 4.69) is 22.1 Å². The minimum atomic E-state index is -4.71. The van der Waals surface area contributed by atoms with Gasteiger partial charge in [0.2, 0.25) is 5.91 Å². The number of benzene rings is 1. The predicted octanol–water partition coefficient (Wildman–Crippen LogP) is 4.25. The Hall–Kier alpha value is -3.43. The zero-order valence-electron chi connectivity index (χ0n) is 15.3. The van der Waals surface area contributed by atoms with Gasteiger partial charge >= 0.3 is 6.18 Å². The molecule has 2 aromatic rings. The molecule has 2 heterocycles. The number of carbonyl (C=O) groups excluding carboxylic acids is 1. The molecule has 6 nitrogen and oxygen atoms in total. The third kappa shape index (κ3) is 4.53. The van der Waals surface area contributed by atoms with Crippen molar-refractivity contribution >= 4 is 18.4 Å². The lowest BCUT2D eigenvalue weighted by molar-refractivity contribution is -0.137. The minimum Gasteiger partial charge on any atom is -0.457 e. The Morgan fingerprint density at radius 2 is 2.00 bits per heavy atom. The summed E-state index contributed by atoms with van der Waals surface area (Å²) < 4.78 is 57.6. The first-order chi connectivity index (χ1) is 13.7. The van der Waals surface area contributed by atoms with E-state index in [9.17, 15) is 22.4 Å². The summed E-state index contributed by atoms with van der Waals surface area (Å²) in [6.45, 7) is 5.54. The van der Waals surface area contributed by atoms with Crippen LogP contribution in [0.2, 0.25) is 0 Å². The number of ether oxygens (including phenoxy) is 1. The smallest absolute Gasteiger partial charge is 0.416 e. The van der Waals surface area contributed by atoms with Crippen LogP contribution >= 0.6 is 0 Å². The van der Waals surface area contributed by atoms with Crippen LogP contribution in [0.1, 0.15) is 18.9 Å². The first-order valence-electron chi connectivity index (χ1n) is 8.45. The van der Waals surface area contributed by atoms with E-state index in [1.54, 1.807) is 6.92 Å². The summed E-state index contributed by atoms with van der Waals surface area (Å²) in [6, 6.07) is 4.73. The van der Waals surface area contributed by atoms with Crippen molar-refractivity contribution in [3.63, 3.8) is 0 Å². The molecule has 0 saturated carbocycles. The van der Waals surface area contributed by atoms with Gasteiger partial charge in [-0.1, -0.05) is 0 Å². The van der Waals surface area contributed by atoms with Crippen LogP contribution in [-0.2, 0) is 11.0 Å². The number of halogens is 4. The standard InChI is InChI=1S/C19H16F4N4O2/c1-11-16(4-6-26-18(11)28)27(24-2)17-10-14(3-5-25-17)29-15-8-12(19(21,22)23)7-13(20)9-15/h3,5,7-10H,2,4,6H2,1H3,(H,26,28). The minimum absolute atomic E-state index is 0.112. The quantitative estimate of drug-likeness (QED) is 0.456. The van der Waals surface area contributed by atoms with Gasteiger partial charge < -0.3 is 10.1 Å². The van der Waals surface area contributed by atoms with Gasteiger partial charge in [0.25, 0.3) is 0 Å². The molecule has 0 fully saturated rings. The van der Waals surface area contributed by atoms with E-state index < -0.39 is 17.6 Å². The van der Waals surface area contributed by atoms with E-state index in [0.29, 0.717) is 36.4 Å².